The molecule has 0 aliphatic carbocycles. The maximum Gasteiger partial charge on any atom is 0.235 e. The van der Waals surface area contributed by atoms with E-state index in [0.29, 0.717) is 16.3 Å². The predicted molar refractivity (Wildman–Crippen MR) is 111 cm³/mol. The summed E-state index contributed by atoms with van der Waals surface area (Å²) in [5.74, 6) is -0.0387. The van der Waals surface area contributed by atoms with Crippen LogP contribution in [0.1, 0.15) is 5.56 Å². The Hall–Kier alpha value is -2.51. The van der Waals surface area contributed by atoms with Crippen LogP contribution in [0.3, 0.4) is 0 Å². The molecule has 0 unspecified atom stereocenters. The van der Waals surface area contributed by atoms with Crippen molar-refractivity contribution in [1.82, 2.24) is 4.98 Å². The van der Waals surface area contributed by atoms with Gasteiger partial charge in [0.05, 0.1) is 17.2 Å². The molecule has 1 aliphatic heterocycles. The lowest BCUT2D eigenvalue weighted by Crippen LogP contribution is -2.35. The smallest absolute Gasteiger partial charge is 0.235 e. The molecule has 1 aromatic carbocycles. The second-order valence-electron chi connectivity index (χ2n) is 6.66. The average Bonchev–Trinajstić information content (AvgIpc) is 3.38. The fourth-order valence-electron chi connectivity index (χ4n) is 3.20. The van der Waals surface area contributed by atoms with Crippen molar-refractivity contribution in [2.45, 2.75) is 24.6 Å². The van der Waals surface area contributed by atoms with E-state index in [-0.39, 0.29) is 11.4 Å². The van der Waals surface area contributed by atoms with Gasteiger partial charge in [-0.2, -0.15) is 5.26 Å². The zero-order chi connectivity index (χ0) is 21.3. The third kappa shape index (κ3) is 3.91. The number of aromatic nitrogens is 1. The number of pyridine rings is 1. The molecule has 1 aliphatic rings. The van der Waals surface area contributed by atoms with Crippen molar-refractivity contribution in [1.29, 1.82) is 5.26 Å². The van der Waals surface area contributed by atoms with Gasteiger partial charge in [0, 0.05) is 10.6 Å². The Bertz CT molecular complexity index is 1070. The van der Waals surface area contributed by atoms with Crippen LogP contribution in [0.2, 0.25) is 5.02 Å². The maximum atomic E-state index is 10.2. The fraction of sp³-hybridized carbons (Fsp3) is 0.238. The van der Waals surface area contributed by atoms with Gasteiger partial charge in [-0.05, 0) is 35.2 Å². The van der Waals surface area contributed by atoms with Crippen LogP contribution < -0.4 is 4.74 Å². The first-order valence-corrected chi connectivity index (χ1v) is 10.3. The van der Waals surface area contributed by atoms with Crippen molar-refractivity contribution in [3.8, 4) is 33.6 Å². The second kappa shape index (κ2) is 8.70. The summed E-state index contributed by atoms with van der Waals surface area (Å²) in [5.41, 5.74) is 2.04. The van der Waals surface area contributed by atoms with Crippen LogP contribution in [-0.4, -0.2) is 51.5 Å². The van der Waals surface area contributed by atoms with E-state index in [1.165, 1.54) is 11.3 Å². The normalized spacial score (nSPS) is 23.3. The van der Waals surface area contributed by atoms with E-state index in [1.54, 1.807) is 30.3 Å². The molecule has 9 heteroatoms. The molecule has 3 heterocycles. The van der Waals surface area contributed by atoms with Crippen LogP contribution in [-0.2, 0) is 4.74 Å². The third-order valence-electron chi connectivity index (χ3n) is 4.75. The number of nitriles is 1. The van der Waals surface area contributed by atoms with Crippen LogP contribution in [0, 0.1) is 11.3 Å². The van der Waals surface area contributed by atoms with Crippen LogP contribution >= 0.6 is 22.9 Å². The number of aliphatic hydroxyl groups is 3. The summed E-state index contributed by atoms with van der Waals surface area (Å²) in [4.78, 5) is 5.33. The van der Waals surface area contributed by atoms with Gasteiger partial charge in [0.1, 0.15) is 29.9 Å². The van der Waals surface area contributed by atoms with Gasteiger partial charge in [-0.3, -0.25) is 0 Å². The van der Waals surface area contributed by atoms with Gasteiger partial charge in [0.25, 0.3) is 0 Å². The Labute approximate surface area is 181 Å². The van der Waals surface area contributed by atoms with Gasteiger partial charge in [-0.15, -0.1) is 11.3 Å². The lowest BCUT2D eigenvalue weighted by Gasteiger charge is -2.19. The van der Waals surface area contributed by atoms with E-state index < -0.39 is 31.2 Å². The van der Waals surface area contributed by atoms with Gasteiger partial charge in [0.15, 0.2) is 0 Å². The highest BCUT2D eigenvalue weighted by Crippen LogP contribution is 2.36. The zero-order valence-corrected chi connectivity index (χ0v) is 17.0. The molecular weight excluding hydrogens is 428 g/mol. The number of thiophene rings is 1. The lowest BCUT2D eigenvalue weighted by atomic mass is 10.0. The topological polar surface area (TPSA) is 116 Å². The average molecular weight is 445 g/mol. The van der Waals surface area contributed by atoms with Crippen molar-refractivity contribution in [2.24, 2.45) is 0 Å². The fourth-order valence-corrected chi connectivity index (χ4v) is 4.01. The first-order valence-electron chi connectivity index (χ1n) is 9.06. The molecule has 0 radical (unpaired) electrons. The lowest BCUT2D eigenvalue weighted by molar-refractivity contribution is -0.118. The summed E-state index contributed by atoms with van der Waals surface area (Å²) in [5, 5.41) is 41.8. The summed E-state index contributed by atoms with van der Waals surface area (Å²) in [7, 11) is 0. The minimum atomic E-state index is -1.40. The van der Waals surface area contributed by atoms with Crippen molar-refractivity contribution >= 4 is 22.9 Å². The van der Waals surface area contributed by atoms with Crippen molar-refractivity contribution < 1.29 is 24.8 Å². The number of hydrogen-bond donors (Lipinski definition) is 3. The number of ether oxygens (including phenoxy) is 2. The highest BCUT2D eigenvalue weighted by atomic mass is 35.5. The number of hydrogen-bond acceptors (Lipinski definition) is 8. The van der Waals surface area contributed by atoms with Gasteiger partial charge >= 0.3 is 0 Å². The van der Waals surface area contributed by atoms with E-state index in [0.717, 1.165) is 10.4 Å². The second-order valence-corrected chi connectivity index (χ2v) is 8.04. The van der Waals surface area contributed by atoms with E-state index >= 15 is 0 Å². The minimum Gasteiger partial charge on any atom is -0.444 e. The SMILES string of the molecule is N#Cc1c(-c2ccc(Cl)cc2)cc(-c2cccs2)nc1O[C@@H]1O[C@H](CO)[C@H](O)[C@H]1O. The molecule has 3 N–H and O–H groups in total. The Morgan fingerprint density at radius 3 is 2.57 bits per heavy atom. The molecular formula is C21H17ClN2O5S. The molecule has 4 atom stereocenters. The zero-order valence-electron chi connectivity index (χ0n) is 15.5. The maximum absolute atomic E-state index is 10.2. The molecule has 0 spiro atoms. The molecule has 1 saturated heterocycles. The quantitative estimate of drug-likeness (QED) is 0.554. The van der Waals surface area contributed by atoms with E-state index in [2.05, 4.69) is 11.1 Å². The van der Waals surface area contributed by atoms with Gasteiger partial charge in [0.2, 0.25) is 12.2 Å². The molecule has 7 nitrogen and oxygen atoms in total. The van der Waals surface area contributed by atoms with Crippen LogP contribution in [0.4, 0.5) is 0 Å². The van der Waals surface area contributed by atoms with E-state index in [9.17, 15) is 20.6 Å². The third-order valence-corrected chi connectivity index (χ3v) is 5.90. The van der Waals surface area contributed by atoms with Gasteiger partial charge in [-0.25, -0.2) is 4.98 Å². The molecule has 3 aromatic rings. The van der Waals surface area contributed by atoms with Crippen LogP contribution in [0.25, 0.3) is 21.7 Å². The highest BCUT2D eigenvalue weighted by Gasteiger charge is 2.44. The predicted octanol–water partition coefficient (Wildman–Crippen LogP) is 2.82. The van der Waals surface area contributed by atoms with Crippen LogP contribution in [0.5, 0.6) is 5.88 Å². The van der Waals surface area contributed by atoms with Crippen molar-refractivity contribution in [3.05, 3.63) is 58.4 Å². The molecule has 0 amide bonds. The summed E-state index contributed by atoms with van der Waals surface area (Å²) in [6.07, 6.45) is -5.00. The monoisotopic (exact) mass is 444 g/mol. The molecule has 0 bridgehead atoms. The number of halogens is 1. The van der Waals surface area contributed by atoms with Crippen molar-refractivity contribution in [3.63, 3.8) is 0 Å². The van der Waals surface area contributed by atoms with E-state index in [1.807, 2.05) is 17.5 Å². The largest absolute Gasteiger partial charge is 0.444 e. The molecule has 154 valence electrons. The molecule has 2 aromatic heterocycles. The summed E-state index contributed by atoms with van der Waals surface area (Å²) < 4.78 is 11.1. The Balaban J connectivity index is 1.81. The van der Waals surface area contributed by atoms with Crippen molar-refractivity contribution in [2.75, 3.05) is 6.61 Å². The summed E-state index contributed by atoms with van der Waals surface area (Å²) in [6.45, 7) is -0.484. The Morgan fingerprint density at radius 1 is 1.20 bits per heavy atom. The highest BCUT2D eigenvalue weighted by molar-refractivity contribution is 7.13. The van der Waals surface area contributed by atoms with E-state index in [4.69, 9.17) is 21.1 Å². The molecule has 4 rings (SSSR count). The number of benzene rings is 1. The number of rotatable bonds is 5. The minimum absolute atomic E-state index is 0.0387. The first kappa shape index (κ1) is 20.8. The standard InChI is InChI=1S/C21H17ClN2O5S/c22-12-5-3-11(4-6-12)13-8-15(17-2-1-7-30-17)24-20(14(13)9-23)29-21-19(27)18(26)16(10-25)28-21/h1-8,16,18-19,21,25-27H,10H2/t16-,18+,19-,21+/m1/s1. The first-order chi connectivity index (χ1) is 14.5. The molecule has 1 fully saturated rings. The van der Waals surface area contributed by atoms with Gasteiger partial charge in [-0.1, -0.05) is 29.8 Å². The summed E-state index contributed by atoms with van der Waals surface area (Å²) >= 11 is 7.47. The number of aliphatic hydroxyl groups excluding tert-OH is 3. The van der Waals surface area contributed by atoms with Gasteiger partial charge < -0.3 is 24.8 Å². The summed E-state index contributed by atoms with van der Waals surface area (Å²) in [6, 6.07) is 14.7. The Morgan fingerprint density at radius 2 is 1.97 bits per heavy atom. The molecule has 30 heavy (non-hydrogen) atoms. The molecule has 0 saturated carbocycles. The number of nitrogens with zero attached hydrogens (tertiary/aromatic N) is 2. The Kier molecular flexibility index (Phi) is 6.01. The van der Waals surface area contributed by atoms with Crippen LogP contribution in [0.15, 0.2) is 47.8 Å².